The van der Waals surface area contributed by atoms with Crippen molar-refractivity contribution in [3.05, 3.63) is 30.3 Å². The summed E-state index contributed by atoms with van der Waals surface area (Å²) in [5.74, 6) is 0. The third kappa shape index (κ3) is 2.99. The lowest BCUT2D eigenvalue weighted by Crippen LogP contribution is -2.44. The fourth-order valence-electron chi connectivity index (χ4n) is 2.49. The summed E-state index contributed by atoms with van der Waals surface area (Å²) in [7, 11) is 2.07. The van der Waals surface area contributed by atoms with E-state index in [2.05, 4.69) is 24.1 Å². The van der Waals surface area contributed by atoms with Gasteiger partial charge in [0.15, 0.2) is 0 Å². The maximum absolute atomic E-state index is 9.63. The molecular formula is C14H21NO2. The minimum Gasteiger partial charge on any atom is -0.396 e. The van der Waals surface area contributed by atoms with E-state index in [4.69, 9.17) is 4.74 Å². The van der Waals surface area contributed by atoms with Crippen molar-refractivity contribution in [2.24, 2.45) is 5.41 Å². The van der Waals surface area contributed by atoms with E-state index in [1.54, 1.807) is 0 Å². The van der Waals surface area contributed by atoms with Gasteiger partial charge < -0.3 is 14.7 Å². The molecule has 17 heavy (non-hydrogen) atoms. The van der Waals surface area contributed by atoms with Crippen LogP contribution < -0.4 is 4.90 Å². The summed E-state index contributed by atoms with van der Waals surface area (Å²) < 4.78 is 5.53. The molecule has 1 aliphatic rings. The van der Waals surface area contributed by atoms with Crippen LogP contribution in [0, 0.1) is 5.41 Å². The number of para-hydroxylation sites is 1. The molecule has 1 unspecified atom stereocenters. The van der Waals surface area contributed by atoms with Gasteiger partial charge in [0.2, 0.25) is 0 Å². The molecule has 0 amide bonds. The van der Waals surface area contributed by atoms with E-state index in [9.17, 15) is 5.11 Å². The Labute approximate surface area is 103 Å². The third-order valence-electron chi connectivity index (χ3n) is 3.51. The van der Waals surface area contributed by atoms with Crippen molar-refractivity contribution >= 4 is 5.69 Å². The summed E-state index contributed by atoms with van der Waals surface area (Å²) in [6.45, 7) is 2.54. The summed E-state index contributed by atoms with van der Waals surface area (Å²) in [4.78, 5) is 2.20. The fourth-order valence-corrected chi connectivity index (χ4v) is 2.49. The van der Waals surface area contributed by atoms with Gasteiger partial charge in [0, 0.05) is 31.3 Å². The van der Waals surface area contributed by atoms with Gasteiger partial charge in [0.05, 0.1) is 13.2 Å². The van der Waals surface area contributed by atoms with E-state index in [-0.39, 0.29) is 12.0 Å². The highest BCUT2D eigenvalue weighted by Gasteiger charge is 2.33. The van der Waals surface area contributed by atoms with Crippen LogP contribution in [0.5, 0.6) is 0 Å². The topological polar surface area (TPSA) is 32.7 Å². The van der Waals surface area contributed by atoms with Crippen LogP contribution in [-0.2, 0) is 4.74 Å². The lowest BCUT2D eigenvalue weighted by molar-refractivity contribution is -0.0331. The van der Waals surface area contributed by atoms with Crippen LogP contribution in [0.3, 0.4) is 0 Å². The van der Waals surface area contributed by atoms with Crippen LogP contribution in [0.4, 0.5) is 5.69 Å². The summed E-state index contributed by atoms with van der Waals surface area (Å²) in [6, 6.07) is 10.3. The third-order valence-corrected chi connectivity index (χ3v) is 3.51. The average Bonchev–Trinajstić information content (AvgIpc) is 2.41. The second kappa shape index (κ2) is 5.52. The zero-order valence-electron chi connectivity index (χ0n) is 10.4. The number of anilines is 1. The van der Waals surface area contributed by atoms with Crippen LogP contribution in [0.2, 0.25) is 0 Å². The Kier molecular flexibility index (Phi) is 4.02. The average molecular weight is 235 g/mol. The first-order valence-corrected chi connectivity index (χ1v) is 6.21. The number of nitrogens with zero attached hydrogens (tertiary/aromatic N) is 1. The van der Waals surface area contributed by atoms with E-state index in [0.717, 1.165) is 26.0 Å². The van der Waals surface area contributed by atoms with Crippen LogP contribution in [0.1, 0.15) is 12.8 Å². The summed E-state index contributed by atoms with van der Waals surface area (Å²) >= 11 is 0. The van der Waals surface area contributed by atoms with Gasteiger partial charge in [-0.15, -0.1) is 0 Å². The van der Waals surface area contributed by atoms with Crippen molar-refractivity contribution in [1.29, 1.82) is 0 Å². The molecule has 1 aromatic rings. The highest BCUT2D eigenvalue weighted by Crippen LogP contribution is 2.30. The normalized spacial score (nSPS) is 24.6. The Balaban J connectivity index is 2.03. The van der Waals surface area contributed by atoms with E-state index < -0.39 is 0 Å². The van der Waals surface area contributed by atoms with Gasteiger partial charge in [-0.3, -0.25) is 0 Å². The first-order chi connectivity index (χ1) is 8.26. The predicted octanol–water partition coefficient (Wildman–Crippen LogP) is 1.91. The summed E-state index contributed by atoms with van der Waals surface area (Å²) in [5.41, 5.74) is 1.09. The monoisotopic (exact) mass is 235 g/mol. The van der Waals surface area contributed by atoms with Crippen molar-refractivity contribution in [1.82, 2.24) is 0 Å². The van der Waals surface area contributed by atoms with Gasteiger partial charge >= 0.3 is 0 Å². The lowest BCUT2D eigenvalue weighted by atomic mass is 9.83. The zero-order valence-corrected chi connectivity index (χ0v) is 10.4. The number of aliphatic hydroxyl groups excluding tert-OH is 1. The molecule has 3 nitrogen and oxygen atoms in total. The van der Waals surface area contributed by atoms with Gasteiger partial charge in [0.1, 0.15) is 0 Å². The molecule has 0 bridgehead atoms. The Morgan fingerprint density at radius 1 is 1.35 bits per heavy atom. The Hall–Kier alpha value is -1.06. The molecule has 1 saturated heterocycles. The van der Waals surface area contributed by atoms with E-state index in [1.807, 2.05) is 18.2 Å². The number of hydrogen-bond acceptors (Lipinski definition) is 3. The van der Waals surface area contributed by atoms with E-state index in [0.29, 0.717) is 6.61 Å². The molecule has 1 fully saturated rings. The van der Waals surface area contributed by atoms with Crippen molar-refractivity contribution in [2.45, 2.75) is 12.8 Å². The molecule has 3 heteroatoms. The number of benzene rings is 1. The van der Waals surface area contributed by atoms with Crippen molar-refractivity contribution in [3.8, 4) is 0 Å². The smallest absolute Gasteiger partial charge is 0.0561 e. The second-order valence-corrected chi connectivity index (χ2v) is 5.01. The minimum absolute atomic E-state index is 0.0944. The molecule has 0 radical (unpaired) electrons. The van der Waals surface area contributed by atoms with Gasteiger partial charge in [-0.25, -0.2) is 0 Å². The number of ether oxygens (including phenoxy) is 1. The van der Waals surface area contributed by atoms with E-state index >= 15 is 0 Å². The van der Waals surface area contributed by atoms with Crippen molar-refractivity contribution < 1.29 is 9.84 Å². The SMILES string of the molecule is CN(CC1(CO)CCCOC1)c1ccccc1. The Bertz CT molecular complexity index is 333. The molecule has 0 aromatic heterocycles. The Morgan fingerprint density at radius 3 is 2.71 bits per heavy atom. The molecule has 0 aliphatic carbocycles. The quantitative estimate of drug-likeness (QED) is 0.865. The summed E-state index contributed by atoms with van der Waals surface area (Å²) in [6.07, 6.45) is 2.09. The molecule has 0 spiro atoms. The van der Waals surface area contributed by atoms with Crippen LogP contribution in [-0.4, -0.2) is 38.5 Å². The summed E-state index contributed by atoms with van der Waals surface area (Å²) in [5, 5.41) is 9.63. The fraction of sp³-hybridized carbons (Fsp3) is 0.571. The maximum Gasteiger partial charge on any atom is 0.0561 e. The molecular weight excluding hydrogens is 214 g/mol. The molecule has 1 heterocycles. The lowest BCUT2D eigenvalue weighted by Gasteiger charge is -2.39. The number of aliphatic hydroxyl groups is 1. The van der Waals surface area contributed by atoms with E-state index in [1.165, 1.54) is 5.69 Å². The van der Waals surface area contributed by atoms with Crippen molar-refractivity contribution in [2.75, 3.05) is 38.3 Å². The zero-order chi connectivity index (χ0) is 12.1. The Morgan fingerprint density at radius 2 is 2.12 bits per heavy atom. The van der Waals surface area contributed by atoms with Gasteiger partial charge in [-0.1, -0.05) is 18.2 Å². The van der Waals surface area contributed by atoms with Crippen LogP contribution >= 0.6 is 0 Å². The molecule has 94 valence electrons. The van der Waals surface area contributed by atoms with Crippen LogP contribution in [0.25, 0.3) is 0 Å². The van der Waals surface area contributed by atoms with Gasteiger partial charge in [-0.05, 0) is 25.0 Å². The number of rotatable bonds is 4. The minimum atomic E-state index is -0.0944. The highest BCUT2D eigenvalue weighted by atomic mass is 16.5. The standard InChI is InChI=1S/C14H21NO2/c1-15(13-6-3-2-4-7-13)10-14(11-16)8-5-9-17-12-14/h2-4,6-7,16H,5,8-12H2,1H3. The molecule has 0 saturated carbocycles. The highest BCUT2D eigenvalue weighted by molar-refractivity contribution is 5.45. The maximum atomic E-state index is 9.63. The van der Waals surface area contributed by atoms with Gasteiger partial charge in [-0.2, -0.15) is 0 Å². The van der Waals surface area contributed by atoms with Gasteiger partial charge in [0.25, 0.3) is 0 Å². The first-order valence-electron chi connectivity index (χ1n) is 6.21. The first kappa shape index (κ1) is 12.4. The molecule has 1 atom stereocenters. The largest absolute Gasteiger partial charge is 0.396 e. The molecule has 2 rings (SSSR count). The number of hydrogen-bond donors (Lipinski definition) is 1. The predicted molar refractivity (Wildman–Crippen MR) is 69.3 cm³/mol. The molecule has 1 aliphatic heterocycles. The second-order valence-electron chi connectivity index (χ2n) is 5.01. The molecule has 1 N–H and O–H groups in total. The van der Waals surface area contributed by atoms with Crippen molar-refractivity contribution in [3.63, 3.8) is 0 Å². The molecule has 1 aromatic carbocycles. The van der Waals surface area contributed by atoms with Crippen LogP contribution in [0.15, 0.2) is 30.3 Å².